The molecule has 0 amide bonds. The summed E-state index contributed by atoms with van der Waals surface area (Å²) in [6, 6.07) is 0. The van der Waals surface area contributed by atoms with Gasteiger partial charge in [0.2, 0.25) is 0 Å². The number of fused-ring (bicyclic) bond motifs is 1. The highest BCUT2D eigenvalue weighted by Gasteiger charge is 2.15. The zero-order chi connectivity index (χ0) is 9.26. The first-order valence-electron chi connectivity index (χ1n) is 4.03. The summed E-state index contributed by atoms with van der Waals surface area (Å²) in [5, 5.41) is 8.82. The fourth-order valence-corrected chi connectivity index (χ4v) is 1.40. The third kappa shape index (κ3) is 1.30. The van der Waals surface area contributed by atoms with Crippen molar-refractivity contribution >= 4 is 12.0 Å². The predicted octanol–water partition coefficient (Wildman–Crippen LogP) is 1.13. The Labute approximate surface area is 75.0 Å². The lowest BCUT2D eigenvalue weighted by atomic mass is 10.0. The zero-order valence-corrected chi connectivity index (χ0v) is 6.90. The van der Waals surface area contributed by atoms with Crippen LogP contribution in [0.2, 0.25) is 0 Å². The lowest BCUT2D eigenvalue weighted by molar-refractivity contribution is 0.0690. The molecule has 66 valence electrons. The quantitative estimate of drug-likeness (QED) is 0.696. The van der Waals surface area contributed by atoms with Crippen molar-refractivity contribution in [2.75, 3.05) is 0 Å². The van der Waals surface area contributed by atoms with Gasteiger partial charge in [-0.1, -0.05) is 12.2 Å². The Kier molecular flexibility index (Phi) is 1.81. The predicted molar refractivity (Wildman–Crippen MR) is 46.3 cm³/mol. The van der Waals surface area contributed by atoms with Crippen LogP contribution in [0.4, 0.5) is 0 Å². The second-order valence-electron chi connectivity index (χ2n) is 2.83. The van der Waals surface area contributed by atoms with E-state index >= 15 is 0 Å². The van der Waals surface area contributed by atoms with Gasteiger partial charge >= 0.3 is 5.97 Å². The number of aromatic carboxylic acids is 1. The molecule has 1 N–H and O–H groups in total. The molecule has 0 atom stereocenters. The highest BCUT2D eigenvalue weighted by molar-refractivity contribution is 5.90. The molecule has 2 rings (SSSR count). The summed E-state index contributed by atoms with van der Waals surface area (Å²) in [6.45, 7) is 0. The van der Waals surface area contributed by atoms with Crippen LogP contribution in [0.3, 0.4) is 0 Å². The second kappa shape index (κ2) is 2.97. The van der Waals surface area contributed by atoms with Crippen LogP contribution < -0.4 is 0 Å². The van der Waals surface area contributed by atoms with Gasteiger partial charge in [-0.3, -0.25) is 0 Å². The molecule has 0 spiro atoms. The number of hydrogen-bond acceptors (Lipinski definition) is 3. The van der Waals surface area contributed by atoms with Crippen LogP contribution in [0.25, 0.3) is 6.08 Å². The molecule has 0 radical (unpaired) electrons. The lowest BCUT2D eigenvalue weighted by Crippen LogP contribution is -2.09. The number of carboxylic acids is 1. The van der Waals surface area contributed by atoms with Crippen LogP contribution in [0.1, 0.15) is 28.2 Å². The summed E-state index contributed by atoms with van der Waals surface area (Å²) in [4.78, 5) is 18.5. The molecule has 1 aromatic heterocycles. The Morgan fingerprint density at radius 2 is 2.31 bits per heavy atom. The Bertz CT molecular complexity index is 385. The number of hydrogen-bond donors (Lipinski definition) is 1. The Hall–Kier alpha value is -1.71. The smallest absolute Gasteiger partial charge is 0.355 e. The zero-order valence-electron chi connectivity index (χ0n) is 6.90. The van der Waals surface area contributed by atoms with E-state index in [1.807, 2.05) is 6.08 Å². The topological polar surface area (TPSA) is 63.1 Å². The highest BCUT2D eigenvalue weighted by atomic mass is 16.4. The third-order valence-electron chi connectivity index (χ3n) is 2.00. The van der Waals surface area contributed by atoms with Crippen molar-refractivity contribution in [1.29, 1.82) is 0 Å². The van der Waals surface area contributed by atoms with Crippen LogP contribution in [0.5, 0.6) is 0 Å². The number of aryl methyl sites for hydroxylation is 1. The molecule has 1 heterocycles. The number of rotatable bonds is 1. The summed E-state index contributed by atoms with van der Waals surface area (Å²) in [5.74, 6) is -0.995. The molecule has 4 heteroatoms. The van der Waals surface area contributed by atoms with Gasteiger partial charge in [-0.2, -0.15) is 0 Å². The van der Waals surface area contributed by atoms with E-state index in [-0.39, 0.29) is 5.69 Å². The Morgan fingerprint density at radius 1 is 1.46 bits per heavy atom. The van der Waals surface area contributed by atoms with Crippen molar-refractivity contribution in [2.24, 2.45) is 0 Å². The van der Waals surface area contributed by atoms with E-state index in [9.17, 15) is 4.79 Å². The summed E-state index contributed by atoms with van der Waals surface area (Å²) in [5.41, 5.74) is 1.58. The summed E-state index contributed by atoms with van der Waals surface area (Å²) in [7, 11) is 0. The first kappa shape index (κ1) is 7.91. The van der Waals surface area contributed by atoms with E-state index in [0.717, 1.165) is 18.5 Å². The van der Waals surface area contributed by atoms with Crippen molar-refractivity contribution < 1.29 is 9.90 Å². The van der Waals surface area contributed by atoms with Gasteiger partial charge in [0.05, 0.1) is 5.69 Å². The van der Waals surface area contributed by atoms with Crippen molar-refractivity contribution in [3.05, 3.63) is 29.4 Å². The highest BCUT2D eigenvalue weighted by Crippen LogP contribution is 2.18. The molecule has 1 aliphatic carbocycles. The van der Waals surface area contributed by atoms with Gasteiger partial charge in [-0.25, -0.2) is 14.8 Å². The van der Waals surface area contributed by atoms with Gasteiger partial charge in [0.1, 0.15) is 6.33 Å². The van der Waals surface area contributed by atoms with Crippen molar-refractivity contribution in [3.63, 3.8) is 0 Å². The maximum absolute atomic E-state index is 10.7. The molecule has 0 saturated carbocycles. The van der Waals surface area contributed by atoms with Gasteiger partial charge < -0.3 is 5.11 Å². The van der Waals surface area contributed by atoms with E-state index < -0.39 is 5.97 Å². The number of carbonyl (C=O) groups is 1. The largest absolute Gasteiger partial charge is 0.476 e. The Morgan fingerprint density at radius 3 is 3.08 bits per heavy atom. The molecule has 0 aromatic carbocycles. The maximum Gasteiger partial charge on any atom is 0.355 e. The van der Waals surface area contributed by atoms with Gasteiger partial charge in [0.15, 0.2) is 5.69 Å². The van der Waals surface area contributed by atoms with Crippen LogP contribution >= 0.6 is 0 Å². The lowest BCUT2D eigenvalue weighted by Gasteiger charge is -2.09. The van der Waals surface area contributed by atoms with Crippen LogP contribution in [-0.2, 0) is 6.42 Å². The Balaban J connectivity index is 2.60. The first-order chi connectivity index (χ1) is 6.29. The fraction of sp³-hybridized carbons (Fsp3) is 0.222. The maximum atomic E-state index is 10.7. The molecule has 0 fully saturated rings. The average Bonchev–Trinajstić information content (AvgIpc) is 2.17. The second-order valence-corrected chi connectivity index (χ2v) is 2.83. The minimum Gasteiger partial charge on any atom is -0.476 e. The van der Waals surface area contributed by atoms with Gasteiger partial charge in [0.25, 0.3) is 0 Å². The van der Waals surface area contributed by atoms with Crippen molar-refractivity contribution in [2.45, 2.75) is 12.8 Å². The number of allylic oxidation sites excluding steroid dienone is 1. The molecular formula is C9H8N2O2. The minimum absolute atomic E-state index is 0.0981. The minimum atomic E-state index is -0.995. The summed E-state index contributed by atoms with van der Waals surface area (Å²) < 4.78 is 0. The number of aromatic nitrogens is 2. The third-order valence-corrected chi connectivity index (χ3v) is 2.00. The molecule has 1 aliphatic rings. The normalized spacial score (nSPS) is 13.8. The monoisotopic (exact) mass is 176 g/mol. The molecule has 0 bridgehead atoms. The van der Waals surface area contributed by atoms with Crippen molar-refractivity contribution in [1.82, 2.24) is 9.97 Å². The summed E-state index contributed by atoms with van der Waals surface area (Å²) >= 11 is 0. The van der Waals surface area contributed by atoms with Crippen LogP contribution in [0.15, 0.2) is 12.4 Å². The molecule has 0 unspecified atom stereocenters. The molecule has 1 aromatic rings. The van der Waals surface area contributed by atoms with E-state index in [2.05, 4.69) is 9.97 Å². The molecule has 0 saturated heterocycles. The molecule has 0 aliphatic heterocycles. The SMILES string of the molecule is O=C(O)c1ncnc2c1C=CCC2. The van der Waals surface area contributed by atoms with E-state index in [0.29, 0.717) is 5.56 Å². The molecular weight excluding hydrogens is 168 g/mol. The van der Waals surface area contributed by atoms with Gasteiger partial charge in [0, 0.05) is 5.56 Å². The van der Waals surface area contributed by atoms with E-state index in [1.54, 1.807) is 6.08 Å². The standard InChI is InChI=1S/C9H8N2O2/c12-9(13)8-6-3-1-2-4-7(6)10-5-11-8/h1,3,5H,2,4H2,(H,12,13). The summed E-state index contributed by atoms with van der Waals surface area (Å²) in [6.07, 6.45) is 6.75. The van der Waals surface area contributed by atoms with E-state index in [4.69, 9.17) is 5.11 Å². The molecule has 13 heavy (non-hydrogen) atoms. The van der Waals surface area contributed by atoms with Gasteiger partial charge in [-0.05, 0) is 12.8 Å². The van der Waals surface area contributed by atoms with Gasteiger partial charge in [-0.15, -0.1) is 0 Å². The van der Waals surface area contributed by atoms with Crippen LogP contribution in [0, 0.1) is 0 Å². The fourth-order valence-electron chi connectivity index (χ4n) is 1.40. The van der Waals surface area contributed by atoms with Crippen LogP contribution in [-0.4, -0.2) is 21.0 Å². The number of carboxylic acid groups (broad SMARTS) is 1. The van der Waals surface area contributed by atoms with E-state index in [1.165, 1.54) is 6.33 Å². The van der Waals surface area contributed by atoms with Crippen molar-refractivity contribution in [3.8, 4) is 0 Å². The molecule has 4 nitrogen and oxygen atoms in total. The first-order valence-corrected chi connectivity index (χ1v) is 4.03. The average molecular weight is 176 g/mol. The number of nitrogens with zero attached hydrogens (tertiary/aromatic N) is 2.